The van der Waals surface area contributed by atoms with Crippen molar-refractivity contribution in [2.75, 3.05) is 65.9 Å². The summed E-state index contributed by atoms with van der Waals surface area (Å²) >= 11 is 0. The molecule has 4 aliphatic carbocycles. The first-order valence-corrected chi connectivity index (χ1v) is 12.6. The molecule has 0 aromatic rings. The minimum atomic E-state index is -0.401. The number of imide groups is 2. The molecule has 0 aromatic carbocycles. The Bertz CT molecular complexity index is 917. The van der Waals surface area contributed by atoms with Crippen LogP contribution >= 0.6 is 0 Å². The van der Waals surface area contributed by atoms with Crippen LogP contribution in [-0.2, 0) is 28.7 Å². The zero-order valence-corrected chi connectivity index (χ0v) is 19.1. The van der Waals surface area contributed by atoms with Crippen molar-refractivity contribution in [1.82, 2.24) is 19.6 Å². The van der Waals surface area contributed by atoms with E-state index in [1.807, 2.05) is 0 Å². The van der Waals surface area contributed by atoms with Gasteiger partial charge in [-0.05, 0) is 23.7 Å². The van der Waals surface area contributed by atoms with Gasteiger partial charge >= 0.3 is 0 Å². The van der Waals surface area contributed by atoms with Crippen molar-refractivity contribution in [3.63, 3.8) is 0 Å². The third-order valence-corrected chi connectivity index (χ3v) is 9.42. The molecule has 2 bridgehead atoms. The molecule has 4 saturated heterocycles. The van der Waals surface area contributed by atoms with Crippen LogP contribution < -0.4 is 0 Å². The fraction of sp³-hybridized carbons (Fsp3) is 0.750. The lowest BCUT2D eigenvalue weighted by molar-refractivity contribution is -0.166. The number of amides is 4. The number of likely N-dealkylation sites (tertiary alicyclic amines) is 2. The van der Waals surface area contributed by atoms with Crippen LogP contribution in [0.15, 0.2) is 12.2 Å². The number of fused-ring (bicyclic) bond motifs is 1. The third-order valence-electron chi connectivity index (χ3n) is 9.42. The Morgan fingerprint density at radius 1 is 0.588 bits per heavy atom. The van der Waals surface area contributed by atoms with Gasteiger partial charge in [-0.1, -0.05) is 12.2 Å². The highest BCUT2D eigenvalue weighted by Crippen LogP contribution is 2.68. The number of ether oxygens (including phenoxy) is 2. The second kappa shape index (κ2) is 7.68. The topological polar surface area (TPSA) is 99.7 Å². The van der Waals surface area contributed by atoms with Crippen LogP contribution in [0, 0.1) is 47.3 Å². The molecule has 8 rings (SSSR count). The summed E-state index contributed by atoms with van der Waals surface area (Å²) in [4.78, 5) is 60.8. The van der Waals surface area contributed by atoms with Crippen LogP contribution in [0.3, 0.4) is 0 Å². The van der Waals surface area contributed by atoms with Gasteiger partial charge in [-0.2, -0.15) is 0 Å². The zero-order valence-electron chi connectivity index (χ0n) is 19.1. The molecule has 0 N–H and O–H groups in total. The van der Waals surface area contributed by atoms with E-state index in [1.54, 1.807) is 0 Å². The first-order valence-electron chi connectivity index (χ1n) is 12.6. The standard InChI is InChI=1S/C24H30N4O6/c29-21-17-13-1-2-14(18(17)22(30)27(21)11-25-3-7-33-8-4-25)16-15(13)19-20(16)24(32)28(23(19)31)12-26-5-9-34-10-6-26/h1-2,13-20H,3-12H2/t13-,14+,15+,16-,17-,18+,19+,20-. The molecule has 4 amide bonds. The molecule has 10 heteroatoms. The summed E-state index contributed by atoms with van der Waals surface area (Å²) in [6, 6.07) is 0. The average Bonchev–Trinajstić information content (AvgIpc) is 3.21. The first kappa shape index (κ1) is 21.2. The number of hydrogen-bond acceptors (Lipinski definition) is 8. The van der Waals surface area contributed by atoms with Crippen molar-refractivity contribution >= 4 is 23.6 Å². The Balaban J connectivity index is 1.13. The Labute approximate surface area is 197 Å². The van der Waals surface area contributed by atoms with Crippen LogP contribution in [0.5, 0.6) is 0 Å². The van der Waals surface area contributed by atoms with Crippen molar-refractivity contribution in [2.24, 2.45) is 47.3 Å². The molecule has 0 spiro atoms. The van der Waals surface area contributed by atoms with Crippen LogP contribution in [0.2, 0.25) is 0 Å². The molecule has 6 fully saturated rings. The van der Waals surface area contributed by atoms with E-state index in [0.29, 0.717) is 65.9 Å². The molecule has 8 atom stereocenters. The van der Waals surface area contributed by atoms with Gasteiger partial charge in [0.1, 0.15) is 0 Å². The van der Waals surface area contributed by atoms with Crippen LogP contribution in [0.25, 0.3) is 0 Å². The summed E-state index contributed by atoms with van der Waals surface area (Å²) < 4.78 is 10.8. The number of nitrogens with zero attached hydrogens (tertiary/aromatic N) is 4. The minimum absolute atomic E-state index is 0.0209. The van der Waals surface area contributed by atoms with Gasteiger partial charge in [-0.15, -0.1) is 0 Å². The van der Waals surface area contributed by atoms with Gasteiger partial charge in [0.05, 0.1) is 63.4 Å². The van der Waals surface area contributed by atoms with E-state index in [4.69, 9.17) is 9.47 Å². The largest absolute Gasteiger partial charge is 0.379 e. The molecule has 10 nitrogen and oxygen atoms in total. The van der Waals surface area contributed by atoms with Crippen LogP contribution in [-0.4, -0.2) is 109 Å². The monoisotopic (exact) mass is 470 g/mol. The SMILES string of the molecule is O=C1[C@@H]2[C@@H]3C=C[C@H]([C@@H]2C(=O)N1CN1CCOCC1)[C@H]1[C@H]2C(=O)N(CN4CCOCC4)C(=O)[C@H]2[C@@H]31. The zero-order chi connectivity index (χ0) is 23.1. The van der Waals surface area contributed by atoms with Gasteiger partial charge < -0.3 is 9.47 Å². The molecule has 2 saturated carbocycles. The Morgan fingerprint density at radius 2 is 0.941 bits per heavy atom. The predicted octanol–water partition coefficient (Wildman–Crippen LogP) is -1.17. The summed E-state index contributed by atoms with van der Waals surface area (Å²) in [5.74, 6) is -2.25. The first-order chi connectivity index (χ1) is 16.6. The summed E-state index contributed by atoms with van der Waals surface area (Å²) in [6.45, 7) is 5.87. The second-order valence-electron chi connectivity index (χ2n) is 10.8. The average molecular weight is 471 g/mol. The molecular weight excluding hydrogens is 440 g/mol. The molecule has 0 radical (unpaired) electrons. The summed E-state index contributed by atoms with van der Waals surface area (Å²) in [6.07, 6.45) is 4.13. The Kier molecular flexibility index (Phi) is 4.78. The van der Waals surface area contributed by atoms with Gasteiger partial charge in [-0.25, -0.2) is 0 Å². The van der Waals surface area contributed by atoms with Crippen LogP contribution in [0.4, 0.5) is 0 Å². The summed E-state index contributed by atoms with van der Waals surface area (Å²) in [5.41, 5.74) is 0. The lowest BCUT2D eigenvalue weighted by Crippen LogP contribution is -2.63. The van der Waals surface area contributed by atoms with E-state index in [0.717, 1.165) is 0 Å². The Morgan fingerprint density at radius 3 is 1.32 bits per heavy atom. The summed E-state index contributed by atoms with van der Waals surface area (Å²) in [5, 5.41) is 0. The molecule has 34 heavy (non-hydrogen) atoms. The maximum atomic E-state index is 13.5. The van der Waals surface area contributed by atoms with E-state index in [2.05, 4.69) is 22.0 Å². The number of carbonyl (C=O) groups excluding carboxylic acids is 4. The molecule has 182 valence electrons. The van der Waals surface area contributed by atoms with Crippen molar-refractivity contribution < 1.29 is 28.7 Å². The van der Waals surface area contributed by atoms with E-state index in [1.165, 1.54) is 9.80 Å². The van der Waals surface area contributed by atoms with Crippen molar-refractivity contribution in [1.29, 1.82) is 0 Å². The lowest BCUT2D eigenvalue weighted by Gasteiger charge is -2.60. The molecule has 4 heterocycles. The number of allylic oxidation sites excluding steroid dienone is 2. The van der Waals surface area contributed by atoms with E-state index >= 15 is 0 Å². The van der Waals surface area contributed by atoms with E-state index < -0.39 is 11.8 Å². The molecule has 0 aromatic heterocycles. The van der Waals surface area contributed by atoms with Gasteiger partial charge in [-0.3, -0.25) is 38.8 Å². The highest BCUT2D eigenvalue weighted by Gasteiger charge is 2.75. The predicted molar refractivity (Wildman–Crippen MR) is 115 cm³/mol. The van der Waals surface area contributed by atoms with Gasteiger partial charge in [0.15, 0.2) is 0 Å². The lowest BCUT2D eigenvalue weighted by atomic mass is 9.40. The quantitative estimate of drug-likeness (QED) is 0.375. The van der Waals surface area contributed by atoms with Gasteiger partial charge in [0.25, 0.3) is 0 Å². The van der Waals surface area contributed by atoms with Crippen molar-refractivity contribution in [3.8, 4) is 0 Å². The number of carbonyl (C=O) groups is 4. The summed E-state index contributed by atoms with van der Waals surface area (Å²) in [7, 11) is 0. The van der Waals surface area contributed by atoms with Crippen molar-refractivity contribution in [2.45, 2.75) is 0 Å². The van der Waals surface area contributed by atoms with E-state index in [-0.39, 0.29) is 59.1 Å². The second-order valence-corrected chi connectivity index (χ2v) is 10.8. The van der Waals surface area contributed by atoms with Gasteiger partial charge in [0, 0.05) is 26.2 Å². The maximum Gasteiger partial charge on any atom is 0.234 e. The fourth-order valence-corrected chi connectivity index (χ4v) is 7.89. The molecule has 8 aliphatic rings. The maximum absolute atomic E-state index is 13.5. The van der Waals surface area contributed by atoms with Gasteiger partial charge in [0.2, 0.25) is 23.6 Å². The smallest absolute Gasteiger partial charge is 0.234 e. The normalized spacial score (nSPS) is 43.9. The highest BCUT2D eigenvalue weighted by molar-refractivity contribution is 6.09. The van der Waals surface area contributed by atoms with Crippen LogP contribution in [0.1, 0.15) is 0 Å². The van der Waals surface area contributed by atoms with Crippen molar-refractivity contribution in [3.05, 3.63) is 12.2 Å². The Hall–Kier alpha value is -2.14. The number of hydrogen-bond donors (Lipinski definition) is 0. The molecule has 0 unspecified atom stereocenters. The molecular formula is C24H30N4O6. The minimum Gasteiger partial charge on any atom is -0.379 e. The highest BCUT2D eigenvalue weighted by atomic mass is 16.5. The number of morpholine rings is 2. The molecule has 4 aliphatic heterocycles. The third kappa shape index (κ3) is 2.76. The number of rotatable bonds is 4. The van der Waals surface area contributed by atoms with E-state index in [9.17, 15) is 19.2 Å². The fourth-order valence-electron chi connectivity index (χ4n) is 7.89.